The van der Waals surface area contributed by atoms with Crippen molar-refractivity contribution in [3.63, 3.8) is 0 Å². The highest BCUT2D eigenvalue weighted by molar-refractivity contribution is 5.82. The van der Waals surface area contributed by atoms with E-state index in [1.165, 1.54) is 6.08 Å². The Morgan fingerprint density at radius 1 is 1.32 bits per heavy atom. The first kappa shape index (κ1) is 22.6. The van der Waals surface area contributed by atoms with Gasteiger partial charge in [-0.25, -0.2) is 4.79 Å². The SMILES string of the molecule is COCO[C@H](C[C@@H](C)OC(=O)/C=C/C[C@@H](C)OC1CCCCO1)c1ccco1. The zero-order valence-corrected chi connectivity index (χ0v) is 17.0. The third-order valence-electron chi connectivity index (χ3n) is 4.35. The molecule has 0 N–H and O–H groups in total. The second kappa shape index (κ2) is 12.7. The molecule has 0 radical (unpaired) electrons. The van der Waals surface area contributed by atoms with Crippen LogP contribution in [0.15, 0.2) is 35.0 Å². The molecule has 0 aromatic carbocycles. The molecule has 0 amide bonds. The van der Waals surface area contributed by atoms with Crippen molar-refractivity contribution in [2.75, 3.05) is 20.5 Å². The smallest absolute Gasteiger partial charge is 0.330 e. The van der Waals surface area contributed by atoms with Crippen molar-refractivity contribution in [3.05, 3.63) is 36.3 Å². The minimum atomic E-state index is -0.390. The van der Waals surface area contributed by atoms with Crippen molar-refractivity contribution in [3.8, 4) is 0 Å². The monoisotopic (exact) mass is 396 g/mol. The summed E-state index contributed by atoms with van der Waals surface area (Å²) >= 11 is 0. The molecule has 1 unspecified atom stereocenters. The molecule has 1 aromatic rings. The van der Waals surface area contributed by atoms with Crippen LogP contribution in [0, 0.1) is 0 Å². The van der Waals surface area contributed by atoms with Gasteiger partial charge in [-0.1, -0.05) is 6.08 Å². The van der Waals surface area contributed by atoms with E-state index in [-0.39, 0.29) is 31.4 Å². The molecular formula is C21H32O7. The van der Waals surface area contributed by atoms with Gasteiger partial charge >= 0.3 is 5.97 Å². The Morgan fingerprint density at radius 3 is 2.86 bits per heavy atom. The summed E-state index contributed by atoms with van der Waals surface area (Å²) < 4.78 is 32.8. The molecule has 1 saturated heterocycles. The molecule has 1 fully saturated rings. The van der Waals surface area contributed by atoms with Gasteiger partial charge in [-0.3, -0.25) is 0 Å². The molecule has 1 aliphatic heterocycles. The Morgan fingerprint density at radius 2 is 2.18 bits per heavy atom. The molecule has 4 atom stereocenters. The summed E-state index contributed by atoms with van der Waals surface area (Å²) in [4.78, 5) is 12.0. The zero-order chi connectivity index (χ0) is 20.2. The molecule has 0 saturated carbocycles. The molecule has 1 aromatic heterocycles. The van der Waals surface area contributed by atoms with Gasteiger partial charge in [-0.2, -0.15) is 0 Å². The average molecular weight is 396 g/mol. The second-order valence-corrected chi connectivity index (χ2v) is 6.94. The van der Waals surface area contributed by atoms with Gasteiger partial charge in [-0.05, 0) is 51.7 Å². The summed E-state index contributed by atoms with van der Waals surface area (Å²) in [6.45, 7) is 4.68. The predicted molar refractivity (Wildman–Crippen MR) is 102 cm³/mol. The maximum atomic E-state index is 12.0. The van der Waals surface area contributed by atoms with Crippen molar-refractivity contribution in [1.82, 2.24) is 0 Å². The molecule has 2 heterocycles. The summed E-state index contributed by atoms with van der Waals surface area (Å²) in [6.07, 6.45) is 8.20. The molecular weight excluding hydrogens is 364 g/mol. The number of carbonyl (C=O) groups is 1. The van der Waals surface area contributed by atoms with E-state index in [0.717, 1.165) is 25.9 Å². The molecule has 0 aliphatic carbocycles. The number of furan rings is 1. The van der Waals surface area contributed by atoms with Crippen LogP contribution in [0.4, 0.5) is 0 Å². The number of methoxy groups -OCH3 is 1. The number of carbonyl (C=O) groups excluding carboxylic acids is 1. The lowest BCUT2D eigenvalue weighted by Crippen LogP contribution is -2.26. The number of esters is 1. The van der Waals surface area contributed by atoms with Crippen molar-refractivity contribution < 1.29 is 32.9 Å². The van der Waals surface area contributed by atoms with E-state index in [1.54, 1.807) is 25.5 Å². The zero-order valence-electron chi connectivity index (χ0n) is 17.0. The molecule has 0 spiro atoms. The summed E-state index contributed by atoms with van der Waals surface area (Å²) in [5.74, 6) is 0.282. The fraction of sp³-hybridized carbons (Fsp3) is 0.667. The summed E-state index contributed by atoms with van der Waals surface area (Å²) in [6, 6.07) is 3.62. The fourth-order valence-corrected chi connectivity index (χ4v) is 2.97. The van der Waals surface area contributed by atoms with Crippen LogP contribution in [-0.2, 0) is 28.5 Å². The highest BCUT2D eigenvalue weighted by Crippen LogP contribution is 2.24. The highest BCUT2D eigenvalue weighted by Gasteiger charge is 2.21. The summed E-state index contributed by atoms with van der Waals surface area (Å²) in [5.41, 5.74) is 0. The third kappa shape index (κ3) is 8.56. The van der Waals surface area contributed by atoms with Crippen LogP contribution >= 0.6 is 0 Å². The van der Waals surface area contributed by atoms with Crippen LogP contribution in [0.5, 0.6) is 0 Å². The van der Waals surface area contributed by atoms with Crippen LogP contribution in [0.1, 0.15) is 57.8 Å². The number of ether oxygens (including phenoxy) is 5. The largest absolute Gasteiger partial charge is 0.467 e. The van der Waals surface area contributed by atoms with E-state index in [2.05, 4.69) is 0 Å². The fourth-order valence-electron chi connectivity index (χ4n) is 2.97. The van der Waals surface area contributed by atoms with Crippen LogP contribution < -0.4 is 0 Å². The topological polar surface area (TPSA) is 76.4 Å². The maximum Gasteiger partial charge on any atom is 0.330 e. The highest BCUT2D eigenvalue weighted by atomic mass is 16.7. The Labute approximate surface area is 166 Å². The molecule has 1 aliphatic rings. The van der Waals surface area contributed by atoms with E-state index in [9.17, 15) is 4.79 Å². The van der Waals surface area contributed by atoms with Gasteiger partial charge in [0.25, 0.3) is 0 Å². The molecule has 0 bridgehead atoms. The van der Waals surface area contributed by atoms with Crippen LogP contribution in [0.25, 0.3) is 0 Å². The predicted octanol–water partition coefficient (Wildman–Crippen LogP) is 4.14. The van der Waals surface area contributed by atoms with Crippen molar-refractivity contribution in [2.24, 2.45) is 0 Å². The lowest BCUT2D eigenvalue weighted by atomic mass is 10.1. The quantitative estimate of drug-likeness (QED) is 0.298. The van der Waals surface area contributed by atoms with Crippen molar-refractivity contribution in [2.45, 2.75) is 70.6 Å². The first-order chi connectivity index (χ1) is 13.6. The van der Waals surface area contributed by atoms with Gasteiger partial charge in [0.1, 0.15) is 24.8 Å². The number of rotatable bonds is 12. The van der Waals surface area contributed by atoms with E-state index < -0.39 is 5.97 Å². The minimum absolute atomic E-state index is 0.0182. The third-order valence-corrected chi connectivity index (χ3v) is 4.35. The van der Waals surface area contributed by atoms with Crippen molar-refractivity contribution >= 4 is 5.97 Å². The Bertz CT molecular complexity index is 563. The molecule has 7 nitrogen and oxygen atoms in total. The first-order valence-electron chi connectivity index (χ1n) is 9.86. The lowest BCUT2D eigenvalue weighted by molar-refractivity contribution is -0.183. The first-order valence-corrected chi connectivity index (χ1v) is 9.86. The van der Waals surface area contributed by atoms with E-state index in [1.807, 2.05) is 19.9 Å². The van der Waals surface area contributed by atoms with Gasteiger partial charge in [0.2, 0.25) is 0 Å². The van der Waals surface area contributed by atoms with Gasteiger partial charge in [0.05, 0.1) is 12.4 Å². The normalized spacial score (nSPS) is 20.8. The summed E-state index contributed by atoms with van der Waals surface area (Å²) in [7, 11) is 1.55. The molecule has 2 rings (SSSR count). The number of hydrogen-bond donors (Lipinski definition) is 0. The Hall–Kier alpha value is -1.67. The van der Waals surface area contributed by atoms with Gasteiger partial charge in [0.15, 0.2) is 6.29 Å². The lowest BCUT2D eigenvalue weighted by Gasteiger charge is -2.25. The molecule has 158 valence electrons. The van der Waals surface area contributed by atoms with Crippen LogP contribution in [0.2, 0.25) is 0 Å². The Balaban J connectivity index is 1.70. The maximum absolute atomic E-state index is 12.0. The second-order valence-electron chi connectivity index (χ2n) is 6.94. The molecule has 7 heteroatoms. The number of hydrogen-bond acceptors (Lipinski definition) is 7. The van der Waals surface area contributed by atoms with E-state index >= 15 is 0 Å². The standard InChI is InChI=1S/C21H32O7/c1-16(28-21-11-4-5-12-25-21)8-6-10-20(22)27-17(2)14-19(26-15-23-3)18-9-7-13-24-18/h6-7,9-10,13,16-17,19,21H,4-5,8,11-12,14-15H2,1-3H3/b10-6+/t16-,17-,19-,21?/m1/s1. The van der Waals surface area contributed by atoms with Gasteiger partial charge in [-0.15, -0.1) is 0 Å². The summed E-state index contributed by atoms with van der Waals surface area (Å²) in [5, 5.41) is 0. The minimum Gasteiger partial charge on any atom is -0.467 e. The van der Waals surface area contributed by atoms with E-state index in [0.29, 0.717) is 18.6 Å². The Kier molecular flexibility index (Phi) is 10.3. The average Bonchev–Trinajstić information content (AvgIpc) is 3.20. The van der Waals surface area contributed by atoms with Gasteiger partial charge < -0.3 is 28.1 Å². The molecule has 28 heavy (non-hydrogen) atoms. The van der Waals surface area contributed by atoms with Crippen LogP contribution in [-0.4, -0.2) is 45.0 Å². The van der Waals surface area contributed by atoms with E-state index in [4.69, 9.17) is 28.1 Å². The van der Waals surface area contributed by atoms with Gasteiger partial charge in [0, 0.05) is 26.2 Å². The van der Waals surface area contributed by atoms with Crippen molar-refractivity contribution in [1.29, 1.82) is 0 Å². The van der Waals surface area contributed by atoms with Crippen LogP contribution in [0.3, 0.4) is 0 Å².